The Morgan fingerprint density at radius 2 is 1.87 bits per heavy atom. The minimum atomic E-state index is -3.75. The van der Waals surface area contributed by atoms with Crippen LogP contribution < -0.4 is 10.8 Å². The van der Waals surface area contributed by atoms with E-state index in [1.54, 1.807) is 0 Å². The first-order valence-corrected chi connectivity index (χ1v) is 3.73. The van der Waals surface area contributed by atoms with Gasteiger partial charge in [-0.05, 0) is 0 Å². The van der Waals surface area contributed by atoms with Crippen molar-refractivity contribution < 1.29 is 33.4 Å². The molecule has 0 spiro atoms. The molecule has 0 saturated carbocycles. The van der Waals surface area contributed by atoms with E-state index in [4.69, 9.17) is 10.8 Å². The zero-order valence-corrected chi connectivity index (χ0v) is 7.41. The molecule has 1 atom stereocenters. The third-order valence-electron chi connectivity index (χ3n) is 1.82. The van der Waals surface area contributed by atoms with Gasteiger partial charge in [-0.25, -0.2) is 8.78 Å². The van der Waals surface area contributed by atoms with E-state index in [0.29, 0.717) is 0 Å². The molecule has 0 heterocycles. The number of carbonyl (C=O) groups excluding carboxylic acids is 2. The number of nitrogens with two attached hydrogens (primary N) is 1. The van der Waals surface area contributed by atoms with Crippen LogP contribution in [0.5, 0.6) is 0 Å². The van der Waals surface area contributed by atoms with Gasteiger partial charge in [-0.2, -0.15) is 0 Å². The van der Waals surface area contributed by atoms with E-state index >= 15 is 0 Å². The van der Waals surface area contributed by atoms with Crippen LogP contribution in [0, 0.1) is 5.41 Å². The number of alkyl halides is 2. The molecule has 0 rings (SSSR count). The number of carboxylic acid groups (broad SMARTS) is 2. The molecule has 15 heavy (non-hydrogen) atoms. The van der Waals surface area contributed by atoms with Crippen LogP contribution in [-0.2, 0) is 14.4 Å². The highest BCUT2D eigenvalue weighted by Gasteiger charge is 2.50. The van der Waals surface area contributed by atoms with Crippen LogP contribution in [0.25, 0.3) is 0 Å². The van der Waals surface area contributed by atoms with E-state index in [-0.39, 0.29) is 0 Å². The van der Waals surface area contributed by atoms with Crippen molar-refractivity contribution in [2.24, 2.45) is 11.1 Å². The maximum absolute atomic E-state index is 12.4. The molecule has 0 amide bonds. The molecule has 0 radical (unpaired) electrons. The van der Waals surface area contributed by atoms with E-state index < -0.39 is 42.5 Å². The van der Waals surface area contributed by atoms with Crippen LogP contribution in [-0.4, -0.2) is 35.8 Å². The van der Waals surface area contributed by atoms with E-state index in [9.17, 15) is 28.3 Å². The van der Waals surface area contributed by atoms with Gasteiger partial charge in [0.2, 0.25) is 0 Å². The number of Topliss-reactive ketones (excluding diaryl/α,β-unsaturated/α-hetero) is 1. The molecule has 0 fully saturated rings. The summed E-state index contributed by atoms with van der Waals surface area (Å²) in [5.41, 5.74) is 1.26. The molecule has 86 valence electrons. The third kappa shape index (κ3) is 2.46. The molecular weight excluding hydrogens is 216 g/mol. The fraction of sp³-hybridized carbons (Fsp3) is 0.571. The summed E-state index contributed by atoms with van der Waals surface area (Å²) in [6.45, 7) is -0.713. The summed E-state index contributed by atoms with van der Waals surface area (Å²) in [7, 11) is 0. The second kappa shape index (κ2) is 4.78. The Morgan fingerprint density at radius 1 is 1.40 bits per heavy atom. The lowest BCUT2D eigenvalue weighted by Gasteiger charge is -2.28. The molecule has 0 aliphatic carbocycles. The van der Waals surface area contributed by atoms with Gasteiger partial charge in [0.15, 0.2) is 5.41 Å². The Bertz CT molecular complexity index is 277. The molecule has 0 saturated heterocycles. The normalized spacial score (nSPS) is 14.7. The monoisotopic (exact) mass is 224 g/mol. The summed E-state index contributed by atoms with van der Waals surface area (Å²) < 4.78 is 24.7. The van der Waals surface area contributed by atoms with E-state index in [0.717, 1.165) is 0 Å². The largest absolute Gasteiger partial charge is 0.549 e. The fourth-order valence-electron chi connectivity index (χ4n) is 0.878. The molecule has 0 aromatic heterocycles. The summed E-state index contributed by atoms with van der Waals surface area (Å²) in [5, 5.41) is 18.8. The molecule has 8 heteroatoms. The maximum atomic E-state index is 12.4. The number of hydrogen-bond donors (Lipinski definition) is 2. The third-order valence-corrected chi connectivity index (χ3v) is 1.82. The van der Waals surface area contributed by atoms with Crippen molar-refractivity contribution in [1.29, 1.82) is 0 Å². The molecule has 0 aliphatic rings. The Balaban J connectivity index is 5.24. The Labute approximate surface area is 82.7 Å². The van der Waals surface area contributed by atoms with Gasteiger partial charge in [-0.1, -0.05) is 0 Å². The van der Waals surface area contributed by atoms with Gasteiger partial charge in [0, 0.05) is 6.42 Å². The highest BCUT2D eigenvalue weighted by Crippen LogP contribution is 2.30. The average Bonchev–Trinajstić information content (AvgIpc) is 2.11. The summed E-state index contributed by atoms with van der Waals surface area (Å²) in [4.78, 5) is 31.6. The topological polar surface area (TPSA) is 121 Å². The van der Waals surface area contributed by atoms with Gasteiger partial charge in [-0.3, -0.25) is 9.59 Å². The average molecular weight is 224 g/mol. The molecule has 0 bridgehead atoms. The van der Waals surface area contributed by atoms with Crippen LogP contribution in [0.1, 0.15) is 6.42 Å². The Kier molecular flexibility index (Phi) is 4.28. The number of rotatable bonds is 6. The lowest BCUT2D eigenvalue weighted by Crippen LogP contribution is -2.54. The van der Waals surface area contributed by atoms with Crippen molar-refractivity contribution in [3.63, 3.8) is 0 Å². The second-order valence-corrected chi connectivity index (χ2v) is 2.78. The van der Waals surface area contributed by atoms with E-state index in [1.165, 1.54) is 0 Å². The minimum Gasteiger partial charge on any atom is -0.549 e. The predicted molar refractivity (Wildman–Crippen MR) is 39.8 cm³/mol. The molecule has 0 aromatic rings. The molecule has 0 aliphatic heterocycles. The molecule has 6 nitrogen and oxygen atoms in total. The van der Waals surface area contributed by atoms with Crippen molar-refractivity contribution >= 4 is 17.7 Å². The smallest absolute Gasteiger partial charge is 0.321 e. The lowest BCUT2D eigenvalue weighted by atomic mass is 9.83. The van der Waals surface area contributed by atoms with E-state index in [1.807, 2.05) is 0 Å². The fourth-order valence-corrected chi connectivity index (χ4v) is 0.878. The maximum Gasteiger partial charge on any atom is 0.321 e. The van der Waals surface area contributed by atoms with Crippen molar-refractivity contribution in [1.82, 2.24) is 0 Å². The van der Waals surface area contributed by atoms with Crippen LogP contribution >= 0.6 is 0 Å². The standard InChI is InChI=1S/C7H9F2NO5/c8-4(9)7(5(12)13,6(14)15)1-3(11)2-10/h4H,1-2,10H2,(H,12,13)(H,14,15)/p-1. The lowest BCUT2D eigenvalue weighted by molar-refractivity contribution is -0.323. The highest BCUT2D eigenvalue weighted by atomic mass is 19.3. The number of aliphatic carboxylic acids is 2. The van der Waals surface area contributed by atoms with Crippen molar-refractivity contribution in [3.05, 3.63) is 0 Å². The summed E-state index contributed by atoms with van der Waals surface area (Å²) in [5.74, 6) is -5.92. The first kappa shape index (κ1) is 13.4. The van der Waals surface area contributed by atoms with Crippen molar-refractivity contribution in [2.75, 3.05) is 6.54 Å². The Morgan fingerprint density at radius 3 is 2.07 bits per heavy atom. The zero-order chi connectivity index (χ0) is 12.2. The summed E-state index contributed by atoms with van der Waals surface area (Å²) >= 11 is 0. The van der Waals surface area contributed by atoms with Gasteiger partial charge in [-0.15, -0.1) is 0 Å². The number of ketones is 1. The zero-order valence-electron chi connectivity index (χ0n) is 7.41. The Hall–Kier alpha value is -1.57. The highest BCUT2D eigenvalue weighted by molar-refractivity contribution is 6.02. The van der Waals surface area contributed by atoms with Gasteiger partial charge in [0.25, 0.3) is 6.43 Å². The number of carbonyl (C=O) groups is 3. The predicted octanol–water partition coefficient (Wildman–Crippen LogP) is -2.01. The molecular formula is C7H8F2NO5-. The van der Waals surface area contributed by atoms with Gasteiger partial charge in [0.05, 0.1) is 12.5 Å². The first-order valence-electron chi connectivity index (χ1n) is 3.73. The quantitative estimate of drug-likeness (QED) is 0.503. The number of halogens is 2. The van der Waals surface area contributed by atoms with Gasteiger partial charge < -0.3 is 20.7 Å². The van der Waals surface area contributed by atoms with Crippen molar-refractivity contribution in [3.8, 4) is 0 Å². The molecule has 0 aromatic carbocycles. The minimum absolute atomic E-state index is 0.713. The summed E-state index contributed by atoms with van der Waals surface area (Å²) in [6.07, 6.45) is -5.14. The molecule has 1 unspecified atom stereocenters. The second-order valence-electron chi connectivity index (χ2n) is 2.78. The molecule has 3 N–H and O–H groups in total. The van der Waals surface area contributed by atoms with Crippen LogP contribution in [0.4, 0.5) is 8.78 Å². The first-order chi connectivity index (χ1) is 6.78. The van der Waals surface area contributed by atoms with Gasteiger partial charge >= 0.3 is 5.97 Å². The van der Waals surface area contributed by atoms with Crippen molar-refractivity contribution in [2.45, 2.75) is 12.8 Å². The number of carboxylic acids is 2. The van der Waals surface area contributed by atoms with Crippen LogP contribution in [0.15, 0.2) is 0 Å². The SMILES string of the molecule is NCC(=O)CC(C(=O)[O-])(C(=O)O)C(F)F. The summed E-state index contributed by atoms with van der Waals surface area (Å²) in [6, 6.07) is 0. The van der Waals surface area contributed by atoms with Gasteiger partial charge in [0.1, 0.15) is 5.78 Å². The van der Waals surface area contributed by atoms with Crippen LogP contribution in [0.3, 0.4) is 0 Å². The van der Waals surface area contributed by atoms with Crippen LogP contribution in [0.2, 0.25) is 0 Å². The van der Waals surface area contributed by atoms with E-state index in [2.05, 4.69) is 0 Å². The number of hydrogen-bond acceptors (Lipinski definition) is 5.